The highest BCUT2D eigenvalue weighted by atomic mass is 35.5. The van der Waals surface area contributed by atoms with E-state index in [0.29, 0.717) is 5.52 Å². The topological polar surface area (TPSA) is 112 Å². The number of para-hydroxylation sites is 2. The fourth-order valence-electron chi connectivity index (χ4n) is 2.11. The summed E-state index contributed by atoms with van der Waals surface area (Å²) < 4.78 is 4.99. The van der Waals surface area contributed by atoms with Crippen molar-refractivity contribution >= 4 is 34.2 Å². The summed E-state index contributed by atoms with van der Waals surface area (Å²) >= 11 is 5.65. The first-order chi connectivity index (χ1) is 12.1. The number of nitrogens with one attached hydrogen (secondary N) is 1. The molecule has 0 bridgehead atoms. The summed E-state index contributed by atoms with van der Waals surface area (Å²) in [6, 6.07) is 12.0. The molecule has 0 spiro atoms. The lowest BCUT2D eigenvalue weighted by Crippen LogP contribution is -2.09. The number of halogens is 1. The van der Waals surface area contributed by atoms with Crippen molar-refractivity contribution in [2.45, 2.75) is 0 Å². The van der Waals surface area contributed by atoms with E-state index in [1.54, 1.807) is 12.1 Å². The van der Waals surface area contributed by atoms with Crippen LogP contribution in [0.15, 0.2) is 48.4 Å². The Morgan fingerprint density at radius 3 is 2.80 bits per heavy atom. The summed E-state index contributed by atoms with van der Waals surface area (Å²) in [5, 5.41) is 19.7. The van der Waals surface area contributed by atoms with E-state index in [2.05, 4.69) is 15.0 Å². The largest absolute Gasteiger partial charge is 0.507 e. The third kappa shape index (κ3) is 3.59. The molecular weight excluding hydrogens is 344 g/mol. The van der Waals surface area contributed by atoms with Crippen LogP contribution in [0.5, 0.6) is 0 Å². The van der Waals surface area contributed by atoms with Crippen LogP contribution in [0, 0.1) is 11.3 Å². The van der Waals surface area contributed by atoms with Crippen molar-refractivity contribution in [1.29, 1.82) is 5.26 Å². The number of H-pyrrole nitrogens is 1. The van der Waals surface area contributed by atoms with Gasteiger partial charge < -0.3 is 14.8 Å². The molecule has 124 valence electrons. The molecule has 0 fully saturated rings. The van der Waals surface area contributed by atoms with Crippen LogP contribution >= 0.6 is 11.6 Å². The van der Waals surface area contributed by atoms with Crippen LogP contribution in [-0.2, 0) is 4.74 Å². The summed E-state index contributed by atoms with van der Waals surface area (Å²) in [5.74, 6) is -0.903. The second kappa shape index (κ2) is 7.03. The van der Waals surface area contributed by atoms with Gasteiger partial charge in [0, 0.05) is 6.20 Å². The molecule has 0 unspecified atom stereocenters. The van der Waals surface area contributed by atoms with E-state index >= 15 is 0 Å². The van der Waals surface area contributed by atoms with Crippen LogP contribution in [0.25, 0.3) is 16.6 Å². The van der Waals surface area contributed by atoms with Gasteiger partial charge in [0.1, 0.15) is 23.4 Å². The number of aromatic amines is 1. The van der Waals surface area contributed by atoms with E-state index in [1.807, 2.05) is 18.2 Å². The zero-order valence-corrected chi connectivity index (χ0v) is 13.5. The predicted octanol–water partition coefficient (Wildman–Crippen LogP) is 3.26. The smallest absolute Gasteiger partial charge is 0.340 e. The van der Waals surface area contributed by atoms with E-state index in [9.17, 15) is 15.2 Å². The molecule has 1 aromatic carbocycles. The Labute approximate surface area is 147 Å². The van der Waals surface area contributed by atoms with Crippen molar-refractivity contribution in [1.82, 2.24) is 15.0 Å². The highest BCUT2D eigenvalue weighted by Gasteiger charge is 2.15. The summed E-state index contributed by atoms with van der Waals surface area (Å²) in [5.41, 5.74) is 1.46. The van der Waals surface area contributed by atoms with Crippen LogP contribution in [0.3, 0.4) is 0 Å². The monoisotopic (exact) mass is 354 g/mol. The van der Waals surface area contributed by atoms with Crippen molar-refractivity contribution < 1.29 is 14.6 Å². The lowest BCUT2D eigenvalue weighted by Gasteiger charge is -2.05. The molecule has 0 saturated heterocycles. The fourth-order valence-corrected chi connectivity index (χ4v) is 2.22. The Bertz CT molecular complexity index is 970. The SMILES string of the molecule is N#CC(=C(O)COC(=O)c1ccc(Cl)nc1)c1nc2ccccc2[nH]1. The number of aromatic nitrogens is 3. The molecule has 7 nitrogen and oxygen atoms in total. The van der Waals surface area contributed by atoms with Gasteiger partial charge in [-0.15, -0.1) is 0 Å². The van der Waals surface area contributed by atoms with E-state index in [4.69, 9.17) is 16.3 Å². The summed E-state index contributed by atoms with van der Waals surface area (Å²) in [7, 11) is 0. The van der Waals surface area contributed by atoms with Crippen molar-refractivity contribution in [3.63, 3.8) is 0 Å². The zero-order chi connectivity index (χ0) is 17.8. The molecular formula is C17H11ClN4O3. The first-order valence-corrected chi connectivity index (χ1v) is 7.52. The van der Waals surface area contributed by atoms with Gasteiger partial charge in [0.25, 0.3) is 0 Å². The molecule has 0 aliphatic rings. The van der Waals surface area contributed by atoms with Crippen LogP contribution in [0.4, 0.5) is 0 Å². The minimum atomic E-state index is -0.697. The number of aliphatic hydroxyl groups excluding tert-OH is 1. The first kappa shape index (κ1) is 16.5. The maximum atomic E-state index is 11.9. The number of pyridine rings is 1. The van der Waals surface area contributed by atoms with Gasteiger partial charge in [-0.1, -0.05) is 23.7 Å². The quantitative estimate of drug-likeness (QED) is 0.322. The molecule has 0 amide bonds. The molecule has 3 rings (SSSR count). The number of benzene rings is 1. The Kier molecular flexibility index (Phi) is 4.64. The number of aliphatic hydroxyl groups is 1. The summed E-state index contributed by atoms with van der Waals surface area (Å²) in [6.45, 7) is -0.471. The molecule has 0 saturated carbocycles. The zero-order valence-electron chi connectivity index (χ0n) is 12.7. The summed E-state index contributed by atoms with van der Waals surface area (Å²) in [4.78, 5) is 22.9. The van der Waals surface area contributed by atoms with Crippen LogP contribution in [0.1, 0.15) is 16.2 Å². The van der Waals surface area contributed by atoms with E-state index < -0.39 is 18.3 Å². The number of hydrogen-bond acceptors (Lipinski definition) is 6. The van der Waals surface area contributed by atoms with E-state index in [1.165, 1.54) is 18.3 Å². The lowest BCUT2D eigenvalue weighted by atomic mass is 10.2. The minimum Gasteiger partial charge on any atom is -0.507 e. The minimum absolute atomic E-state index is 0.0989. The van der Waals surface area contributed by atoms with Gasteiger partial charge in [-0.05, 0) is 24.3 Å². The Balaban J connectivity index is 1.78. The van der Waals surface area contributed by atoms with Gasteiger partial charge in [0.05, 0.1) is 16.6 Å². The molecule has 2 N–H and O–H groups in total. The average Bonchev–Trinajstić information content (AvgIpc) is 3.04. The third-order valence-corrected chi connectivity index (χ3v) is 3.55. The molecule has 0 aliphatic heterocycles. The number of imidazole rings is 1. The normalized spacial score (nSPS) is 11.7. The second-order valence-electron chi connectivity index (χ2n) is 4.98. The number of fused-ring (bicyclic) bond motifs is 1. The van der Waals surface area contributed by atoms with Gasteiger partial charge in [0.15, 0.2) is 11.6 Å². The van der Waals surface area contributed by atoms with Crippen LogP contribution in [-0.4, -0.2) is 32.6 Å². The van der Waals surface area contributed by atoms with Crippen molar-refractivity contribution in [2.24, 2.45) is 0 Å². The maximum Gasteiger partial charge on any atom is 0.340 e. The molecule has 2 heterocycles. The first-order valence-electron chi connectivity index (χ1n) is 7.14. The number of allylic oxidation sites excluding steroid dienone is 1. The molecule has 0 radical (unpaired) electrons. The molecule has 8 heteroatoms. The van der Waals surface area contributed by atoms with Crippen molar-refractivity contribution in [3.8, 4) is 6.07 Å². The number of rotatable bonds is 4. The van der Waals surface area contributed by atoms with E-state index in [-0.39, 0.29) is 22.1 Å². The molecule has 0 aliphatic carbocycles. The number of ether oxygens (including phenoxy) is 1. The van der Waals surface area contributed by atoms with Gasteiger partial charge in [-0.3, -0.25) is 0 Å². The molecule has 3 aromatic rings. The number of carbonyl (C=O) groups excluding carboxylic acids is 1. The highest BCUT2D eigenvalue weighted by molar-refractivity contribution is 6.29. The fraction of sp³-hybridized carbons (Fsp3) is 0.0588. The van der Waals surface area contributed by atoms with Crippen LogP contribution in [0.2, 0.25) is 5.15 Å². The van der Waals surface area contributed by atoms with Gasteiger partial charge in [-0.2, -0.15) is 5.26 Å². The predicted molar refractivity (Wildman–Crippen MR) is 90.8 cm³/mol. The van der Waals surface area contributed by atoms with Crippen LogP contribution < -0.4 is 0 Å². The van der Waals surface area contributed by atoms with E-state index in [0.717, 1.165) is 5.52 Å². The molecule has 25 heavy (non-hydrogen) atoms. The Hall–Kier alpha value is -3.37. The highest BCUT2D eigenvalue weighted by Crippen LogP contribution is 2.19. The summed E-state index contributed by atoms with van der Waals surface area (Å²) in [6.07, 6.45) is 1.26. The second-order valence-corrected chi connectivity index (χ2v) is 5.37. The number of nitrogens with zero attached hydrogens (tertiary/aromatic N) is 3. The molecule has 2 aromatic heterocycles. The van der Waals surface area contributed by atoms with Gasteiger partial charge in [0.2, 0.25) is 0 Å². The standard InChI is InChI=1S/C17H11ClN4O3/c18-15-6-5-10(8-20-15)17(24)25-9-14(23)11(7-19)16-21-12-3-1-2-4-13(12)22-16/h1-6,8,23H,9H2,(H,21,22). The number of esters is 1. The lowest BCUT2D eigenvalue weighted by molar-refractivity contribution is 0.0502. The average molecular weight is 355 g/mol. The maximum absolute atomic E-state index is 11.9. The molecule has 0 atom stereocenters. The third-order valence-electron chi connectivity index (χ3n) is 3.33. The van der Waals surface area contributed by atoms with Gasteiger partial charge >= 0.3 is 5.97 Å². The Morgan fingerprint density at radius 2 is 2.12 bits per heavy atom. The number of nitriles is 1. The van der Waals surface area contributed by atoms with Gasteiger partial charge in [-0.25, -0.2) is 14.8 Å². The van der Waals surface area contributed by atoms with Crippen molar-refractivity contribution in [2.75, 3.05) is 6.61 Å². The van der Waals surface area contributed by atoms with Crippen molar-refractivity contribution in [3.05, 3.63) is 64.9 Å². The Morgan fingerprint density at radius 1 is 1.32 bits per heavy atom. The number of carbonyl (C=O) groups is 1. The number of hydrogen-bond donors (Lipinski definition) is 2.